The van der Waals surface area contributed by atoms with Gasteiger partial charge in [-0.05, 0) is 60.2 Å². The van der Waals surface area contributed by atoms with Crippen molar-refractivity contribution in [2.45, 2.75) is 26.2 Å². The Morgan fingerprint density at radius 1 is 0.895 bits per heavy atom. The van der Waals surface area contributed by atoms with Crippen molar-refractivity contribution in [2.24, 2.45) is 5.92 Å². The summed E-state index contributed by atoms with van der Waals surface area (Å²) in [5.41, 5.74) is 5.19. The summed E-state index contributed by atoms with van der Waals surface area (Å²) < 4.78 is 29.2. The van der Waals surface area contributed by atoms with Gasteiger partial charge < -0.3 is 24.2 Å². The second-order valence-corrected chi connectivity index (χ2v) is 11.0. The Labute approximate surface area is 222 Å². The number of rotatable bonds is 12. The Bertz CT molecular complexity index is 1270. The third-order valence-corrected chi connectivity index (χ3v) is 8.65. The van der Waals surface area contributed by atoms with E-state index < -0.39 is 25.6 Å². The average Bonchev–Trinajstić information content (AvgIpc) is 3.24. The molecule has 0 spiro atoms. The quantitative estimate of drug-likeness (QED) is 0.299. The van der Waals surface area contributed by atoms with Crippen LogP contribution in [0.2, 0.25) is 0 Å². The van der Waals surface area contributed by atoms with Crippen LogP contribution in [-0.4, -0.2) is 43.5 Å². The molecule has 3 aromatic rings. The molecule has 1 aliphatic rings. The first-order valence-electron chi connectivity index (χ1n) is 12.7. The predicted octanol–water partition coefficient (Wildman–Crippen LogP) is 5.36. The number of carbonyl (C=O) groups is 2. The standard InChI is InChI=1S/C29H32NO7P/c1-3-36-38(34,37-4-2)22-15-13-20(14-16-22)17-21(28(31)32)18-30-29(33)35-19-27-25-11-7-5-9-23(25)24-10-6-8-12-26(24)27/h5-16,21,27H,3-4,17-19H2,1-2H3,(H,30,33)(H,31,32)/t21-/m1/s1. The van der Waals surface area contributed by atoms with E-state index >= 15 is 0 Å². The maximum atomic E-state index is 12.9. The highest BCUT2D eigenvalue weighted by atomic mass is 31.2. The maximum Gasteiger partial charge on any atom is 0.407 e. The van der Waals surface area contributed by atoms with Crippen LogP contribution in [0.1, 0.15) is 36.5 Å². The van der Waals surface area contributed by atoms with Gasteiger partial charge in [-0.1, -0.05) is 60.7 Å². The number of aliphatic carboxylic acids is 1. The minimum Gasteiger partial charge on any atom is -0.481 e. The second kappa shape index (κ2) is 12.4. The average molecular weight is 538 g/mol. The molecule has 0 radical (unpaired) electrons. The van der Waals surface area contributed by atoms with E-state index in [4.69, 9.17) is 13.8 Å². The molecule has 0 unspecified atom stereocenters. The molecule has 4 rings (SSSR count). The van der Waals surface area contributed by atoms with Crippen LogP contribution in [-0.2, 0) is 29.6 Å². The molecule has 0 heterocycles. The normalized spacial score (nSPS) is 13.4. The summed E-state index contributed by atoms with van der Waals surface area (Å²) in [5, 5.41) is 12.7. The number of carbonyl (C=O) groups excluding carboxylic acids is 1. The molecule has 0 saturated carbocycles. The minimum absolute atomic E-state index is 0.0775. The molecule has 1 aliphatic carbocycles. The first kappa shape index (κ1) is 27.6. The highest BCUT2D eigenvalue weighted by Crippen LogP contribution is 2.47. The lowest BCUT2D eigenvalue weighted by Gasteiger charge is -2.18. The zero-order valence-electron chi connectivity index (χ0n) is 21.5. The fourth-order valence-corrected chi connectivity index (χ4v) is 6.29. The highest BCUT2D eigenvalue weighted by Gasteiger charge is 2.30. The van der Waals surface area contributed by atoms with E-state index in [0.29, 0.717) is 5.30 Å². The number of nitrogens with one attached hydrogen (secondary N) is 1. The molecule has 8 nitrogen and oxygen atoms in total. The molecule has 0 aliphatic heterocycles. The number of ether oxygens (including phenoxy) is 1. The first-order valence-corrected chi connectivity index (χ1v) is 14.2. The molecule has 200 valence electrons. The van der Waals surface area contributed by atoms with E-state index in [1.807, 2.05) is 36.4 Å². The number of amides is 1. The van der Waals surface area contributed by atoms with Gasteiger partial charge in [0.05, 0.1) is 24.4 Å². The molecular formula is C29H32NO7P. The number of fused-ring (bicyclic) bond motifs is 3. The van der Waals surface area contributed by atoms with Crippen molar-refractivity contribution < 1.29 is 33.0 Å². The van der Waals surface area contributed by atoms with Crippen molar-refractivity contribution in [1.82, 2.24) is 5.32 Å². The third-order valence-electron chi connectivity index (χ3n) is 6.52. The second-order valence-electron chi connectivity index (χ2n) is 8.95. The van der Waals surface area contributed by atoms with Crippen molar-refractivity contribution in [1.29, 1.82) is 0 Å². The zero-order chi connectivity index (χ0) is 27.1. The van der Waals surface area contributed by atoms with Gasteiger partial charge in [0.25, 0.3) is 0 Å². The Hall–Kier alpha value is -3.45. The molecule has 0 fully saturated rings. The van der Waals surface area contributed by atoms with E-state index in [-0.39, 0.29) is 38.7 Å². The van der Waals surface area contributed by atoms with Crippen LogP contribution in [0.4, 0.5) is 4.79 Å². The number of carboxylic acids is 1. The smallest absolute Gasteiger partial charge is 0.407 e. The summed E-state index contributed by atoms with van der Waals surface area (Å²) in [6, 6.07) is 22.7. The molecule has 1 atom stereocenters. The van der Waals surface area contributed by atoms with Gasteiger partial charge in [0.2, 0.25) is 0 Å². The number of hydrogen-bond donors (Lipinski definition) is 2. The third kappa shape index (κ3) is 6.16. The van der Waals surface area contributed by atoms with E-state index in [2.05, 4.69) is 17.4 Å². The van der Waals surface area contributed by atoms with Gasteiger partial charge in [0.1, 0.15) is 6.61 Å². The van der Waals surface area contributed by atoms with Crippen molar-refractivity contribution in [3.63, 3.8) is 0 Å². The summed E-state index contributed by atoms with van der Waals surface area (Å²) in [5.74, 6) is -1.99. The molecule has 0 saturated heterocycles. The molecule has 0 aromatic heterocycles. The fraction of sp³-hybridized carbons (Fsp3) is 0.310. The Morgan fingerprint density at radius 3 is 1.97 bits per heavy atom. The van der Waals surface area contributed by atoms with Gasteiger partial charge in [0, 0.05) is 12.5 Å². The maximum absolute atomic E-state index is 12.9. The topological polar surface area (TPSA) is 111 Å². The summed E-state index contributed by atoms with van der Waals surface area (Å²) >= 11 is 0. The Morgan fingerprint density at radius 2 is 1.45 bits per heavy atom. The number of alkyl carbamates (subject to hydrolysis) is 1. The first-order chi connectivity index (χ1) is 18.4. The highest BCUT2D eigenvalue weighted by molar-refractivity contribution is 7.62. The van der Waals surface area contributed by atoms with Crippen molar-refractivity contribution in [3.05, 3.63) is 89.5 Å². The van der Waals surface area contributed by atoms with Crippen molar-refractivity contribution >= 4 is 25.0 Å². The molecule has 38 heavy (non-hydrogen) atoms. The molecule has 9 heteroatoms. The Kier molecular flexibility index (Phi) is 9.00. The van der Waals surface area contributed by atoms with Gasteiger partial charge in [0.15, 0.2) is 0 Å². The van der Waals surface area contributed by atoms with Crippen LogP contribution in [0.5, 0.6) is 0 Å². The number of hydrogen-bond acceptors (Lipinski definition) is 6. The van der Waals surface area contributed by atoms with Crippen LogP contribution in [0.25, 0.3) is 11.1 Å². The van der Waals surface area contributed by atoms with E-state index in [0.717, 1.165) is 27.8 Å². The predicted molar refractivity (Wildman–Crippen MR) is 145 cm³/mol. The minimum atomic E-state index is -3.42. The van der Waals surface area contributed by atoms with E-state index in [1.54, 1.807) is 38.1 Å². The van der Waals surface area contributed by atoms with Crippen molar-refractivity contribution in [3.8, 4) is 11.1 Å². The number of carboxylic acid groups (broad SMARTS) is 1. The van der Waals surface area contributed by atoms with E-state index in [1.165, 1.54) is 0 Å². The van der Waals surface area contributed by atoms with Crippen LogP contribution >= 0.6 is 7.60 Å². The van der Waals surface area contributed by atoms with Gasteiger partial charge in [-0.3, -0.25) is 9.36 Å². The molecule has 0 bridgehead atoms. The van der Waals surface area contributed by atoms with Gasteiger partial charge in [-0.2, -0.15) is 0 Å². The van der Waals surface area contributed by atoms with E-state index in [9.17, 15) is 19.3 Å². The molecule has 1 amide bonds. The van der Waals surface area contributed by atoms with Crippen molar-refractivity contribution in [2.75, 3.05) is 26.4 Å². The summed E-state index contributed by atoms with van der Waals surface area (Å²) in [4.78, 5) is 24.4. The Balaban J connectivity index is 1.34. The van der Waals surface area contributed by atoms with Gasteiger partial charge >= 0.3 is 19.7 Å². The van der Waals surface area contributed by atoms with Crippen LogP contribution < -0.4 is 10.6 Å². The molecule has 2 N–H and O–H groups in total. The lowest BCUT2D eigenvalue weighted by atomic mass is 9.98. The lowest BCUT2D eigenvalue weighted by Crippen LogP contribution is -2.35. The van der Waals surface area contributed by atoms with Gasteiger partial charge in [-0.25, -0.2) is 4.79 Å². The monoisotopic (exact) mass is 537 g/mol. The zero-order valence-corrected chi connectivity index (χ0v) is 22.4. The fourth-order valence-electron chi connectivity index (χ4n) is 4.73. The molecular weight excluding hydrogens is 505 g/mol. The van der Waals surface area contributed by atoms with Crippen LogP contribution in [0, 0.1) is 5.92 Å². The summed E-state index contributed by atoms with van der Waals surface area (Å²) in [7, 11) is -3.42. The van der Waals surface area contributed by atoms with Crippen LogP contribution in [0.3, 0.4) is 0 Å². The number of benzene rings is 3. The summed E-state index contributed by atoms with van der Waals surface area (Å²) in [6.07, 6.45) is -0.491. The van der Waals surface area contributed by atoms with Gasteiger partial charge in [-0.15, -0.1) is 0 Å². The lowest BCUT2D eigenvalue weighted by molar-refractivity contribution is -0.141. The largest absolute Gasteiger partial charge is 0.481 e. The molecule has 3 aromatic carbocycles. The SMILES string of the molecule is CCOP(=O)(OCC)c1ccc(C[C@H](CNC(=O)OCC2c3ccccc3-c3ccccc32)C(=O)O)cc1. The summed E-state index contributed by atoms with van der Waals surface area (Å²) in [6.45, 7) is 4.01. The van der Waals surface area contributed by atoms with Crippen LogP contribution in [0.15, 0.2) is 72.8 Å².